The highest BCUT2D eigenvalue weighted by molar-refractivity contribution is 7.89. The number of para-hydroxylation sites is 1. The molecule has 1 saturated heterocycles. The van der Waals surface area contributed by atoms with Gasteiger partial charge in [-0.3, -0.25) is 9.59 Å². The monoisotopic (exact) mass is 549 g/mol. The van der Waals surface area contributed by atoms with Gasteiger partial charge in [0.15, 0.2) is 6.61 Å². The number of nitrogens with one attached hydrogen (secondary N) is 1. The van der Waals surface area contributed by atoms with Gasteiger partial charge in [-0.25, -0.2) is 8.42 Å². The smallest absolute Gasteiger partial charge is 0.265 e. The van der Waals surface area contributed by atoms with E-state index in [2.05, 4.69) is 5.32 Å². The van der Waals surface area contributed by atoms with Crippen LogP contribution in [0, 0.1) is 0 Å². The summed E-state index contributed by atoms with van der Waals surface area (Å²) in [5.74, 6) is 0.774. The Balaban J connectivity index is 1.23. The Kier molecular flexibility index (Phi) is 8.13. The molecule has 5 rings (SSSR count). The van der Waals surface area contributed by atoms with Crippen molar-refractivity contribution in [2.24, 2.45) is 0 Å². The molecule has 10 heteroatoms. The van der Waals surface area contributed by atoms with Gasteiger partial charge in [0.05, 0.1) is 17.2 Å². The molecule has 0 atom stereocenters. The molecule has 2 amide bonds. The number of amides is 2. The molecule has 0 unspecified atom stereocenters. The molecule has 2 aliphatic heterocycles. The van der Waals surface area contributed by atoms with Crippen molar-refractivity contribution in [3.05, 3.63) is 78.4 Å². The van der Waals surface area contributed by atoms with Gasteiger partial charge < -0.3 is 19.7 Å². The zero-order valence-corrected chi connectivity index (χ0v) is 22.4. The summed E-state index contributed by atoms with van der Waals surface area (Å²) in [5.41, 5.74) is 1.40. The summed E-state index contributed by atoms with van der Waals surface area (Å²) in [6.45, 7) is 1.87. The number of benzene rings is 3. The number of carbonyl (C=O) groups is 2. The largest absolute Gasteiger partial charge is 0.494 e. The number of ether oxygens (including phenoxy) is 2. The number of hydrogen-bond donors (Lipinski definition) is 1. The predicted octanol–water partition coefficient (Wildman–Crippen LogP) is 4.31. The first kappa shape index (κ1) is 26.7. The Morgan fingerprint density at radius 1 is 0.949 bits per heavy atom. The zero-order valence-electron chi connectivity index (χ0n) is 21.5. The summed E-state index contributed by atoms with van der Waals surface area (Å²) in [4.78, 5) is 27.4. The molecule has 0 aromatic heterocycles. The molecule has 2 heterocycles. The molecule has 0 aliphatic carbocycles. The molecular formula is C29H31N3O6S. The van der Waals surface area contributed by atoms with E-state index in [4.69, 9.17) is 9.47 Å². The second kappa shape index (κ2) is 11.9. The van der Waals surface area contributed by atoms with Crippen LogP contribution in [0.15, 0.2) is 77.7 Å². The average molecular weight is 550 g/mol. The number of fused-ring (bicyclic) bond motifs is 1. The topological polar surface area (TPSA) is 105 Å². The number of nitrogens with zero attached hydrogens (tertiary/aromatic N) is 2. The minimum Gasteiger partial charge on any atom is -0.494 e. The fourth-order valence-electron chi connectivity index (χ4n) is 4.69. The van der Waals surface area contributed by atoms with Crippen molar-refractivity contribution in [3.8, 4) is 11.5 Å². The van der Waals surface area contributed by atoms with Crippen LogP contribution in [-0.2, 0) is 14.8 Å². The SMILES string of the molecule is O=C(Nc1ccc2c(c1)N(CCCOc1ccccc1)C(=O)CO2)c1ccc(S(=O)(=O)N2CCCCC2)cc1. The standard InChI is InChI=1S/C29H31N3O6S/c33-28-21-38-27-15-12-23(20-26(27)32(28)18-7-19-37-24-8-3-1-4-9-24)30-29(34)22-10-13-25(14-11-22)39(35,36)31-16-5-2-6-17-31/h1,3-4,8-15,20H,2,5-7,16-19,21H2,(H,30,34). The van der Waals surface area contributed by atoms with Gasteiger partial charge in [-0.1, -0.05) is 24.6 Å². The van der Waals surface area contributed by atoms with Crippen molar-refractivity contribution < 1.29 is 27.5 Å². The maximum atomic E-state index is 12.9. The molecule has 204 valence electrons. The normalized spacial score (nSPS) is 15.8. The van der Waals surface area contributed by atoms with Crippen LogP contribution >= 0.6 is 0 Å². The van der Waals surface area contributed by atoms with Gasteiger partial charge in [-0.2, -0.15) is 4.31 Å². The number of piperidine rings is 1. The molecule has 0 radical (unpaired) electrons. The average Bonchev–Trinajstić information content (AvgIpc) is 2.97. The Morgan fingerprint density at radius 2 is 1.69 bits per heavy atom. The molecule has 2 aliphatic rings. The number of sulfonamides is 1. The minimum atomic E-state index is -3.57. The number of rotatable bonds is 9. The van der Waals surface area contributed by atoms with Crippen LogP contribution < -0.4 is 19.7 Å². The van der Waals surface area contributed by atoms with Crippen LogP contribution in [0.25, 0.3) is 0 Å². The number of hydrogen-bond acceptors (Lipinski definition) is 6. The summed E-state index contributed by atoms with van der Waals surface area (Å²) >= 11 is 0. The quantitative estimate of drug-likeness (QED) is 0.399. The summed E-state index contributed by atoms with van der Waals surface area (Å²) < 4.78 is 38.6. The summed E-state index contributed by atoms with van der Waals surface area (Å²) in [6.07, 6.45) is 3.37. The van der Waals surface area contributed by atoms with E-state index < -0.39 is 10.0 Å². The van der Waals surface area contributed by atoms with E-state index in [9.17, 15) is 18.0 Å². The third kappa shape index (κ3) is 6.23. The second-order valence-electron chi connectivity index (χ2n) is 9.47. The molecule has 39 heavy (non-hydrogen) atoms. The lowest BCUT2D eigenvalue weighted by molar-refractivity contribution is -0.121. The van der Waals surface area contributed by atoms with E-state index in [1.165, 1.54) is 28.6 Å². The Morgan fingerprint density at radius 3 is 2.44 bits per heavy atom. The van der Waals surface area contributed by atoms with Crippen LogP contribution in [0.2, 0.25) is 0 Å². The van der Waals surface area contributed by atoms with Gasteiger partial charge in [-0.05, 0) is 73.9 Å². The summed E-state index contributed by atoms with van der Waals surface area (Å²) in [6, 6.07) is 20.6. The van der Waals surface area contributed by atoms with E-state index in [-0.39, 0.29) is 23.3 Å². The zero-order chi connectivity index (χ0) is 27.2. The first-order valence-corrected chi connectivity index (χ1v) is 14.5. The fraction of sp³-hybridized carbons (Fsp3) is 0.310. The lowest BCUT2D eigenvalue weighted by Crippen LogP contribution is -2.39. The highest BCUT2D eigenvalue weighted by atomic mass is 32.2. The maximum absolute atomic E-state index is 12.9. The van der Waals surface area contributed by atoms with Crippen LogP contribution in [0.3, 0.4) is 0 Å². The molecule has 1 fully saturated rings. The summed E-state index contributed by atoms with van der Waals surface area (Å²) in [7, 11) is -3.57. The fourth-order valence-corrected chi connectivity index (χ4v) is 6.21. The van der Waals surface area contributed by atoms with Gasteiger partial charge in [0.1, 0.15) is 11.5 Å². The van der Waals surface area contributed by atoms with Crippen molar-refractivity contribution in [1.82, 2.24) is 4.31 Å². The lowest BCUT2D eigenvalue weighted by Gasteiger charge is -2.30. The number of anilines is 2. The van der Waals surface area contributed by atoms with E-state index in [1.54, 1.807) is 23.1 Å². The highest BCUT2D eigenvalue weighted by Gasteiger charge is 2.27. The molecule has 0 bridgehead atoms. The molecular weight excluding hydrogens is 518 g/mol. The third-order valence-corrected chi connectivity index (χ3v) is 8.68. The van der Waals surface area contributed by atoms with Gasteiger partial charge in [0, 0.05) is 30.9 Å². The minimum absolute atomic E-state index is 0.0507. The second-order valence-corrected chi connectivity index (χ2v) is 11.4. The molecule has 9 nitrogen and oxygen atoms in total. The van der Waals surface area contributed by atoms with Crippen molar-refractivity contribution in [1.29, 1.82) is 0 Å². The Labute approximate surface area is 228 Å². The Hall–Kier alpha value is -3.89. The van der Waals surface area contributed by atoms with Crippen molar-refractivity contribution in [3.63, 3.8) is 0 Å². The van der Waals surface area contributed by atoms with Gasteiger partial charge in [-0.15, -0.1) is 0 Å². The molecule has 3 aromatic carbocycles. The van der Waals surface area contributed by atoms with E-state index >= 15 is 0 Å². The van der Waals surface area contributed by atoms with Crippen molar-refractivity contribution in [2.75, 3.05) is 43.1 Å². The maximum Gasteiger partial charge on any atom is 0.265 e. The first-order valence-electron chi connectivity index (χ1n) is 13.1. The van der Waals surface area contributed by atoms with Crippen molar-refractivity contribution >= 4 is 33.2 Å². The molecule has 1 N–H and O–H groups in total. The van der Waals surface area contributed by atoms with Gasteiger partial charge in [0.2, 0.25) is 10.0 Å². The van der Waals surface area contributed by atoms with Crippen LogP contribution in [0.4, 0.5) is 11.4 Å². The van der Waals surface area contributed by atoms with E-state index in [0.29, 0.717) is 55.3 Å². The Bertz CT molecular complexity index is 1420. The molecule has 0 saturated carbocycles. The van der Waals surface area contributed by atoms with Crippen molar-refractivity contribution in [2.45, 2.75) is 30.6 Å². The van der Waals surface area contributed by atoms with Crippen LogP contribution in [0.5, 0.6) is 11.5 Å². The van der Waals surface area contributed by atoms with Gasteiger partial charge in [0.25, 0.3) is 11.8 Å². The highest BCUT2D eigenvalue weighted by Crippen LogP contribution is 2.35. The first-order chi connectivity index (χ1) is 18.9. The van der Waals surface area contributed by atoms with Crippen LogP contribution in [0.1, 0.15) is 36.0 Å². The van der Waals surface area contributed by atoms with Crippen LogP contribution in [-0.4, -0.2) is 57.4 Å². The number of carbonyl (C=O) groups excluding carboxylic acids is 2. The lowest BCUT2D eigenvalue weighted by atomic mass is 10.1. The third-order valence-electron chi connectivity index (χ3n) is 6.77. The van der Waals surface area contributed by atoms with E-state index in [0.717, 1.165) is 25.0 Å². The molecule has 0 spiro atoms. The van der Waals surface area contributed by atoms with Gasteiger partial charge >= 0.3 is 0 Å². The molecule has 3 aromatic rings. The van der Waals surface area contributed by atoms with E-state index in [1.807, 2.05) is 30.3 Å². The summed E-state index contributed by atoms with van der Waals surface area (Å²) in [5, 5.41) is 2.84. The predicted molar refractivity (Wildman–Crippen MR) is 148 cm³/mol.